The van der Waals surface area contributed by atoms with E-state index in [1.807, 2.05) is 31.2 Å². The van der Waals surface area contributed by atoms with E-state index in [0.29, 0.717) is 22.6 Å². The number of allylic oxidation sites excluding steroid dienone is 1. The molecule has 2 aliphatic rings. The number of rotatable bonds is 4. The van der Waals surface area contributed by atoms with Gasteiger partial charge in [-0.15, -0.1) is 0 Å². The molecule has 0 N–H and O–H groups in total. The van der Waals surface area contributed by atoms with Crippen molar-refractivity contribution in [2.75, 3.05) is 0 Å². The second-order valence-corrected chi connectivity index (χ2v) is 9.20. The summed E-state index contributed by atoms with van der Waals surface area (Å²) in [7, 11) is 0. The Balaban J connectivity index is 1.40. The van der Waals surface area contributed by atoms with Gasteiger partial charge in [0.1, 0.15) is 5.82 Å². The van der Waals surface area contributed by atoms with Crippen LogP contribution in [-0.2, 0) is 0 Å². The minimum atomic E-state index is -0.626. The molecule has 2 aromatic carbocycles. The van der Waals surface area contributed by atoms with E-state index < -0.39 is 11.6 Å². The third-order valence-electron chi connectivity index (χ3n) is 7.10. The Kier molecular flexibility index (Phi) is 6.65. The molecule has 2 saturated carbocycles. The fourth-order valence-electron chi connectivity index (χ4n) is 5.25. The molecule has 0 unspecified atom stereocenters. The largest absolute Gasteiger partial charge is 0.206 e. The molecule has 0 heterocycles. The van der Waals surface area contributed by atoms with Crippen LogP contribution in [0.1, 0.15) is 91.9 Å². The van der Waals surface area contributed by atoms with E-state index in [4.69, 9.17) is 0 Å². The lowest BCUT2D eigenvalue weighted by molar-refractivity contribution is 0.361. The van der Waals surface area contributed by atoms with Gasteiger partial charge in [0.05, 0.1) is 0 Å². The zero-order valence-electron chi connectivity index (χ0n) is 17.8. The van der Waals surface area contributed by atoms with Crippen LogP contribution >= 0.6 is 0 Å². The van der Waals surface area contributed by atoms with Crippen molar-refractivity contribution >= 4 is 6.08 Å². The van der Waals surface area contributed by atoms with Crippen LogP contribution in [0.15, 0.2) is 36.4 Å². The van der Waals surface area contributed by atoms with E-state index >= 15 is 0 Å². The van der Waals surface area contributed by atoms with Gasteiger partial charge in [0, 0.05) is 5.56 Å². The number of hydrogen-bond donors (Lipinski definition) is 0. The maximum Gasteiger partial charge on any atom is 0.162 e. The molecule has 2 aliphatic carbocycles. The molecule has 0 spiro atoms. The SMILES string of the molecule is Cc1ccc(C=CC2CCC(c3ccc(C4CCCCC4)c(F)c3F)CC2)c(F)c1. The van der Waals surface area contributed by atoms with E-state index in [9.17, 15) is 13.2 Å². The first-order chi connectivity index (χ1) is 14.5. The molecule has 4 rings (SSSR count). The molecule has 2 aromatic rings. The molecule has 2 fully saturated rings. The maximum absolute atomic E-state index is 14.9. The summed E-state index contributed by atoms with van der Waals surface area (Å²) in [6.07, 6.45) is 12.8. The van der Waals surface area contributed by atoms with Gasteiger partial charge in [-0.05, 0) is 86.0 Å². The first-order valence-electron chi connectivity index (χ1n) is 11.4. The number of halogens is 3. The molecule has 0 saturated heterocycles. The summed E-state index contributed by atoms with van der Waals surface area (Å²) < 4.78 is 43.8. The van der Waals surface area contributed by atoms with Crippen LogP contribution in [-0.4, -0.2) is 0 Å². The van der Waals surface area contributed by atoms with Crippen molar-refractivity contribution < 1.29 is 13.2 Å². The summed E-state index contributed by atoms with van der Waals surface area (Å²) in [6, 6.07) is 8.94. The highest BCUT2D eigenvalue weighted by atomic mass is 19.2. The Labute approximate surface area is 178 Å². The smallest absolute Gasteiger partial charge is 0.162 e. The lowest BCUT2D eigenvalue weighted by Crippen LogP contribution is -2.15. The summed E-state index contributed by atoms with van der Waals surface area (Å²) in [4.78, 5) is 0. The summed E-state index contributed by atoms with van der Waals surface area (Å²) in [5.74, 6) is -0.840. The van der Waals surface area contributed by atoms with Crippen molar-refractivity contribution in [3.63, 3.8) is 0 Å². The average Bonchev–Trinajstić information content (AvgIpc) is 2.76. The Morgan fingerprint density at radius 2 is 1.33 bits per heavy atom. The lowest BCUT2D eigenvalue weighted by Gasteiger charge is -2.28. The van der Waals surface area contributed by atoms with Gasteiger partial charge in [-0.1, -0.05) is 55.7 Å². The Morgan fingerprint density at radius 3 is 1.93 bits per heavy atom. The molecule has 3 heteroatoms. The fraction of sp³-hybridized carbons (Fsp3) is 0.481. The quantitative estimate of drug-likeness (QED) is 0.472. The van der Waals surface area contributed by atoms with Gasteiger partial charge in [0.25, 0.3) is 0 Å². The van der Waals surface area contributed by atoms with E-state index in [1.54, 1.807) is 12.1 Å². The van der Waals surface area contributed by atoms with Crippen LogP contribution in [0.5, 0.6) is 0 Å². The van der Waals surface area contributed by atoms with Gasteiger partial charge < -0.3 is 0 Å². The predicted octanol–water partition coefficient (Wildman–Crippen LogP) is 8.45. The van der Waals surface area contributed by atoms with E-state index in [0.717, 1.165) is 56.9 Å². The normalized spacial score (nSPS) is 23.2. The zero-order valence-corrected chi connectivity index (χ0v) is 17.8. The number of hydrogen-bond acceptors (Lipinski definition) is 0. The summed E-state index contributed by atoms with van der Waals surface area (Å²) in [5.41, 5.74) is 2.63. The van der Waals surface area contributed by atoms with E-state index in [1.165, 1.54) is 6.42 Å². The Hall–Kier alpha value is -2.03. The van der Waals surface area contributed by atoms with E-state index in [-0.39, 0.29) is 17.7 Å². The van der Waals surface area contributed by atoms with Gasteiger partial charge in [0.2, 0.25) is 0 Å². The van der Waals surface area contributed by atoms with Crippen LogP contribution in [0, 0.1) is 30.3 Å². The molecule has 0 atom stereocenters. The molecule has 0 aliphatic heterocycles. The van der Waals surface area contributed by atoms with Gasteiger partial charge in [-0.3, -0.25) is 0 Å². The van der Waals surface area contributed by atoms with Crippen molar-refractivity contribution in [1.29, 1.82) is 0 Å². The fourth-order valence-corrected chi connectivity index (χ4v) is 5.25. The second kappa shape index (κ2) is 9.41. The molecule has 160 valence electrons. The molecular weight excluding hydrogens is 381 g/mol. The number of aryl methyl sites for hydroxylation is 1. The zero-order chi connectivity index (χ0) is 21.1. The minimum Gasteiger partial charge on any atom is -0.206 e. The number of benzene rings is 2. The first-order valence-corrected chi connectivity index (χ1v) is 11.4. The van der Waals surface area contributed by atoms with Crippen LogP contribution < -0.4 is 0 Å². The third-order valence-corrected chi connectivity index (χ3v) is 7.10. The van der Waals surface area contributed by atoms with Crippen molar-refractivity contribution in [3.05, 3.63) is 76.1 Å². The van der Waals surface area contributed by atoms with Crippen molar-refractivity contribution in [2.24, 2.45) is 5.92 Å². The van der Waals surface area contributed by atoms with Gasteiger partial charge in [0.15, 0.2) is 11.6 Å². The van der Waals surface area contributed by atoms with Crippen LogP contribution in [0.25, 0.3) is 6.08 Å². The predicted molar refractivity (Wildman–Crippen MR) is 117 cm³/mol. The topological polar surface area (TPSA) is 0 Å². The van der Waals surface area contributed by atoms with E-state index in [2.05, 4.69) is 6.08 Å². The van der Waals surface area contributed by atoms with Crippen molar-refractivity contribution in [2.45, 2.75) is 76.5 Å². The lowest BCUT2D eigenvalue weighted by atomic mass is 9.77. The monoisotopic (exact) mass is 412 g/mol. The molecular formula is C27H31F3. The molecule has 0 aromatic heterocycles. The summed E-state index contributed by atoms with van der Waals surface area (Å²) in [6.45, 7) is 1.88. The van der Waals surface area contributed by atoms with Crippen LogP contribution in [0.2, 0.25) is 0 Å². The standard InChI is InChI=1S/C27H31F3/c1-18-7-11-22(25(28)17-18)14-10-19-8-12-21(13-9-19)24-16-15-23(26(29)27(24)30)20-5-3-2-4-6-20/h7,10-11,14-17,19-21H,2-6,8-9,12-13H2,1H3. The van der Waals surface area contributed by atoms with Gasteiger partial charge in [-0.2, -0.15) is 0 Å². The highest BCUT2D eigenvalue weighted by Gasteiger charge is 2.27. The summed E-state index contributed by atoms with van der Waals surface area (Å²) >= 11 is 0. The molecule has 30 heavy (non-hydrogen) atoms. The molecule has 0 nitrogen and oxygen atoms in total. The van der Waals surface area contributed by atoms with Gasteiger partial charge >= 0.3 is 0 Å². The second-order valence-electron chi connectivity index (χ2n) is 9.20. The molecule has 0 bridgehead atoms. The van der Waals surface area contributed by atoms with Crippen LogP contribution in [0.3, 0.4) is 0 Å². The molecule has 0 radical (unpaired) electrons. The Bertz CT molecular complexity index is 901. The minimum absolute atomic E-state index is 0.0701. The average molecular weight is 413 g/mol. The van der Waals surface area contributed by atoms with Gasteiger partial charge in [-0.25, -0.2) is 13.2 Å². The van der Waals surface area contributed by atoms with Crippen molar-refractivity contribution in [1.82, 2.24) is 0 Å². The van der Waals surface area contributed by atoms with Crippen molar-refractivity contribution in [3.8, 4) is 0 Å². The highest BCUT2D eigenvalue weighted by Crippen LogP contribution is 2.40. The van der Waals surface area contributed by atoms with Crippen LogP contribution in [0.4, 0.5) is 13.2 Å². The Morgan fingerprint density at radius 1 is 0.733 bits per heavy atom. The summed E-state index contributed by atoms with van der Waals surface area (Å²) in [5, 5.41) is 0. The third kappa shape index (κ3) is 4.66. The first kappa shape index (κ1) is 21.2. The highest BCUT2D eigenvalue weighted by molar-refractivity contribution is 5.51. The maximum atomic E-state index is 14.9. The molecule has 0 amide bonds.